The van der Waals surface area contributed by atoms with Crippen molar-refractivity contribution in [1.82, 2.24) is 25.2 Å². The first-order chi connectivity index (χ1) is 10.6. The van der Waals surface area contributed by atoms with Gasteiger partial charge in [-0.3, -0.25) is 9.89 Å². The third-order valence-electron chi connectivity index (χ3n) is 4.06. The second-order valence-electron chi connectivity index (χ2n) is 6.04. The first-order valence-corrected chi connectivity index (χ1v) is 7.73. The molecule has 0 saturated carbocycles. The summed E-state index contributed by atoms with van der Waals surface area (Å²) in [7, 11) is 0. The van der Waals surface area contributed by atoms with Crippen molar-refractivity contribution in [1.29, 1.82) is 0 Å². The summed E-state index contributed by atoms with van der Waals surface area (Å²) in [5.41, 5.74) is 1.11. The molecule has 118 valence electrons. The number of rotatable bonds is 5. The lowest BCUT2D eigenvalue weighted by atomic mass is 10.1. The van der Waals surface area contributed by atoms with E-state index in [9.17, 15) is 4.79 Å². The van der Waals surface area contributed by atoms with Crippen LogP contribution in [-0.4, -0.2) is 44.2 Å². The van der Waals surface area contributed by atoms with Crippen molar-refractivity contribution in [3.8, 4) is 0 Å². The number of amides is 1. The van der Waals surface area contributed by atoms with Crippen LogP contribution >= 0.6 is 0 Å². The number of nitrogens with one attached hydrogen (secondary N) is 1. The molecule has 1 fully saturated rings. The quantitative estimate of drug-likeness (QED) is 0.911. The third kappa shape index (κ3) is 3.18. The highest BCUT2D eigenvalue weighted by Gasteiger charge is 2.28. The lowest BCUT2D eigenvalue weighted by Gasteiger charge is -2.15. The zero-order valence-corrected chi connectivity index (χ0v) is 13.0. The van der Waals surface area contributed by atoms with Crippen molar-refractivity contribution in [3.05, 3.63) is 29.7 Å². The summed E-state index contributed by atoms with van der Waals surface area (Å²) >= 11 is 0. The van der Waals surface area contributed by atoms with Gasteiger partial charge in [0.05, 0.1) is 0 Å². The van der Waals surface area contributed by atoms with Crippen LogP contribution in [-0.2, 0) is 11.2 Å². The van der Waals surface area contributed by atoms with E-state index in [0.29, 0.717) is 30.5 Å². The number of hydrogen-bond acceptors (Lipinski definition) is 5. The Kier molecular flexibility index (Phi) is 4.22. The predicted octanol–water partition coefficient (Wildman–Crippen LogP) is 1.86. The molecule has 1 aliphatic heterocycles. The maximum absolute atomic E-state index is 12.3. The van der Waals surface area contributed by atoms with Crippen LogP contribution < -0.4 is 0 Å². The number of nitrogens with zero attached hydrogens (tertiary/aromatic N) is 4. The van der Waals surface area contributed by atoms with Crippen LogP contribution in [0.25, 0.3) is 0 Å². The lowest BCUT2D eigenvalue weighted by Crippen LogP contribution is -2.28. The molecule has 1 amide bonds. The van der Waals surface area contributed by atoms with Gasteiger partial charge < -0.3 is 9.42 Å². The second-order valence-corrected chi connectivity index (χ2v) is 6.04. The molecule has 1 aliphatic rings. The number of aryl methyl sites for hydroxylation is 1. The Bertz CT molecular complexity index is 620. The van der Waals surface area contributed by atoms with Crippen LogP contribution in [0.4, 0.5) is 0 Å². The molecular weight excluding hydrogens is 282 g/mol. The Morgan fingerprint density at radius 1 is 1.55 bits per heavy atom. The van der Waals surface area contributed by atoms with E-state index in [4.69, 9.17) is 4.52 Å². The highest BCUT2D eigenvalue weighted by molar-refractivity contribution is 5.76. The third-order valence-corrected chi connectivity index (χ3v) is 4.06. The van der Waals surface area contributed by atoms with Crippen molar-refractivity contribution in [2.45, 2.75) is 44.9 Å². The zero-order chi connectivity index (χ0) is 15.5. The number of likely N-dealkylation sites (tertiary alicyclic amines) is 1. The number of carbonyl (C=O) groups excluding carboxylic acids is 1. The predicted molar refractivity (Wildman–Crippen MR) is 79.2 cm³/mol. The smallest absolute Gasteiger partial charge is 0.227 e. The summed E-state index contributed by atoms with van der Waals surface area (Å²) in [6.07, 6.45) is 3.65. The molecule has 1 saturated heterocycles. The molecule has 2 aromatic heterocycles. The number of aromatic nitrogens is 4. The average Bonchev–Trinajstić information content (AvgIpc) is 3.23. The first-order valence-electron chi connectivity index (χ1n) is 7.73. The van der Waals surface area contributed by atoms with E-state index >= 15 is 0 Å². The van der Waals surface area contributed by atoms with E-state index in [0.717, 1.165) is 25.2 Å². The fraction of sp³-hybridized carbons (Fsp3) is 0.600. The standard InChI is InChI=1S/C15H21N5O2/c1-10(2)15-17-13(22-19-15)3-4-14(21)20-8-6-11(9-20)12-5-7-16-18-12/h5,7,10-11H,3-4,6,8-9H2,1-2H3,(H,16,18)/t11-/m1/s1. The average molecular weight is 303 g/mol. The SMILES string of the molecule is CC(C)c1noc(CCC(=O)N2CC[C@@H](c3ccn[nH]3)C2)n1. The van der Waals surface area contributed by atoms with Gasteiger partial charge in [-0.1, -0.05) is 19.0 Å². The Morgan fingerprint density at radius 3 is 3.09 bits per heavy atom. The van der Waals surface area contributed by atoms with Gasteiger partial charge in [-0.05, 0) is 12.5 Å². The summed E-state index contributed by atoms with van der Waals surface area (Å²) in [5.74, 6) is 1.99. The molecule has 1 atom stereocenters. The maximum atomic E-state index is 12.3. The minimum atomic E-state index is 0.145. The van der Waals surface area contributed by atoms with Crippen molar-refractivity contribution in [2.24, 2.45) is 0 Å². The van der Waals surface area contributed by atoms with Gasteiger partial charge in [0.1, 0.15) is 0 Å². The molecule has 22 heavy (non-hydrogen) atoms. The first kappa shape index (κ1) is 14.7. The number of aromatic amines is 1. The molecule has 2 aromatic rings. The Hall–Kier alpha value is -2.18. The molecule has 7 nitrogen and oxygen atoms in total. The number of hydrogen-bond donors (Lipinski definition) is 1. The fourth-order valence-electron chi connectivity index (χ4n) is 2.71. The number of carbonyl (C=O) groups is 1. The summed E-state index contributed by atoms with van der Waals surface area (Å²) < 4.78 is 5.17. The second kappa shape index (κ2) is 6.29. The summed E-state index contributed by atoms with van der Waals surface area (Å²) in [6.45, 7) is 5.57. The normalized spacial score (nSPS) is 18.3. The van der Waals surface area contributed by atoms with Gasteiger partial charge in [0.15, 0.2) is 5.82 Å². The van der Waals surface area contributed by atoms with Crippen molar-refractivity contribution >= 4 is 5.91 Å². The van der Waals surface area contributed by atoms with Gasteiger partial charge in [0, 0.05) is 49.7 Å². The molecule has 3 rings (SSSR count). The van der Waals surface area contributed by atoms with E-state index in [1.54, 1.807) is 6.20 Å². The van der Waals surface area contributed by atoms with Crippen LogP contribution in [0.2, 0.25) is 0 Å². The highest BCUT2D eigenvalue weighted by atomic mass is 16.5. The Balaban J connectivity index is 1.50. The lowest BCUT2D eigenvalue weighted by molar-refractivity contribution is -0.130. The van der Waals surface area contributed by atoms with Gasteiger partial charge in [0.25, 0.3) is 0 Å². The van der Waals surface area contributed by atoms with Gasteiger partial charge >= 0.3 is 0 Å². The minimum absolute atomic E-state index is 0.145. The highest BCUT2D eigenvalue weighted by Crippen LogP contribution is 2.26. The van der Waals surface area contributed by atoms with Gasteiger partial charge in [-0.2, -0.15) is 10.1 Å². The molecule has 0 unspecified atom stereocenters. The van der Waals surface area contributed by atoms with E-state index in [2.05, 4.69) is 20.3 Å². The van der Waals surface area contributed by atoms with Crippen LogP contribution in [0, 0.1) is 0 Å². The van der Waals surface area contributed by atoms with Crippen LogP contribution in [0.1, 0.15) is 55.9 Å². The largest absolute Gasteiger partial charge is 0.342 e. The summed E-state index contributed by atoms with van der Waals surface area (Å²) in [4.78, 5) is 18.5. The minimum Gasteiger partial charge on any atom is -0.342 e. The molecule has 1 N–H and O–H groups in total. The number of H-pyrrole nitrogens is 1. The molecular formula is C15H21N5O2. The van der Waals surface area contributed by atoms with E-state index in [1.165, 1.54) is 0 Å². The van der Waals surface area contributed by atoms with Crippen LogP contribution in [0.3, 0.4) is 0 Å². The molecule has 7 heteroatoms. The molecule has 0 radical (unpaired) electrons. The van der Waals surface area contributed by atoms with Crippen LogP contribution in [0.5, 0.6) is 0 Å². The summed E-state index contributed by atoms with van der Waals surface area (Å²) in [6, 6.07) is 1.98. The van der Waals surface area contributed by atoms with Gasteiger partial charge in [-0.25, -0.2) is 0 Å². The Morgan fingerprint density at radius 2 is 2.41 bits per heavy atom. The molecule has 0 spiro atoms. The van der Waals surface area contributed by atoms with Gasteiger partial charge in [-0.15, -0.1) is 0 Å². The van der Waals surface area contributed by atoms with E-state index in [-0.39, 0.29) is 11.8 Å². The molecule has 3 heterocycles. The fourth-order valence-corrected chi connectivity index (χ4v) is 2.71. The molecule has 0 aromatic carbocycles. The monoisotopic (exact) mass is 303 g/mol. The summed E-state index contributed by atoms with van der Waals surface area (Å²) in [5, 5.41) is 10.9. The topological polar surface area (TPSA) is 87.9 Å². The Labute approximate surface area is 129 Å². The van der Waals surface area contributed by atoms with E-state index < -0.39 is 0 Å². The van der Waals surface area contributed by atoms with Gasteiger partial charge in [0.2, 0.25) is 11.8 Å². The van der Waals surface area contributed by atoms with Crippen molar-refractivity contribution in [3.63, 3.8) is 0 Å². The van der Waals surface area contributed by atoms with Crippen molar-refractivity contribution in [2.75, 3.05) is 13.1 Å². The molecule has 0 bridgehead atoms. The molecule has 0 aliphatic carbocycles. The van der Waals surface area contributed by atoms with Crippen LogP contribution in [0.15, 0.2) is 16.8 Å². The van der Waals surface area contributed by atoms with Crippen molar-refractivity contribution < 1.29 is 9.32 Å². The zero-order valence-electron chi connectivity index (χ0n) is 13.0. The van der Waals surface area contributed by atoms with E-state index in [1.807, 2.05) is 24.8 Å². The maximum Gasteiger partial charge on any atom is 0.227 e.